The Hall–Kier alpha value is -1.42. The molecule has 2 aromatic rings. The standard InChI is InChI=1S/C19H31N7.HI/c1-15(2)25-13-9-16(10-14-25)22-19(20-3)21-11-6-8-18-24-23-17-7-4-5-12-26(17)18;/h4-5,7,12,15-16H,6,8-11,13-14H2,1-3H3,(H2,20,21,22);1H. The van der Waals surface area contributed by atoms with Gasteiger partial charge in [-0.05, 0) is 45.2 Å². The summed E-state index contributed by atoms with van der Waals surface area (Å²) < 4.78 is 2.05. The lowest BCUT2D eigenvalue weighted by atomic mass is 10.0. The highest BCUT2D eigenvalue weighted by atomic mass is 127. The number of halogens is 1. The van der Waals surface area contributed by atoms with Crippen LogP contribution < -0.4 is 10.6 Å². The van der Waals surface area contributed by atoms with Crippen LogP contribution in [-0.2, 0) is 6.42 Å². The van der Waals surface area contributed by atoms with Crippen LogP contribution in [0.15, 0.2) is 29.4 Å². The number of hydrogen-bond acceptors (Lipinski definition) is 4. The third kappa shape index (κ3) is 6.03. The molecule has 150 valence electrons. The van der Waals surface area contributed by atoms with Crippen molar-refractivity contribution in [2.75, 3.05) is 26.7 Å². The van der Waals surface area contributed by atoms with E-state index in [1.54, 1.807) is 0 Å². The minimum Gasteiger partial charge on any atom is -0.356 e. The van der Waals surface area contributed by atoms with Crippen LogP contribution in [0.2, 0.25) is 0 Å². The van der Waals surface area contributed by atoms with Crippen molar-refractivity contribution in [3.8, 4) is 0 Å². The first-order valence-corrected chi connectivity index (χ1v) is 9.67. The Balaban J connectivity index is 0.00000261. The van der Waals surface area contributed by atoms with Crippen molar-refractivity contribution in [1.29, 1.82) is 0 Å². The first kappa shape index (κ1) is 21.9. The second kappa shape index (κ2) is 10.8. The summed E-state index contributed by atoms with van der Waals surface area (Å²) >= 11 is 0. The molecule has 2 aromatic heterocycles. The van der Waals surface area contributed by atoms with Gasteiger partial charge in [-0.3, -0.25) is 9.39 Å². The molecule has 7 nitrogen and oxygen atoms in total. The number of likely N-dealkylation sites (tertiary alicyclic amines) is 1. The number of guanidine groups is 1. The molecular formula is C19H32IN7. The number of nitrogens with zero attached hydrogens (tertiary/aromatic N) is 5. The maximum Gasteiger partial charge on any atom is 0.191 e. The van der Waals surface area contributed by atoms with E-state index in [4.69, 9.17) is 0 Å². The van der Waals surface area contributed by atoms with Gasteiger partial charge in [0, 0.05) is 51.4 Å². The largest absolute Gasteiger partial charge is 0.356 e. The zero-order valence-electron chi connectivity index (χ0n) is 16.6. The highest BCUT2D eigenvalue weighted by Gasteiger charge is 2.21. The van der Waals surface area contributed by atoms with E-state index in [-0.39, 0.29) is 24.0 Å². The molecule has 0 atom stereocenters. The van der Waals surface area contributed by atoms with Crippen molar-refractivity contribution in [2.24, 2.45) is 4.99 Å². The molecule has 1 fully saturated rings. The molecule has 0 unspecified atom stereocenters. The van der Waals surface area contributed by atoms with Crippen molar-refractivity contribution >= 4 is 35.6 Å². The number of aryl methyl sites for hydroxylation is 1. The Bertz CT molecular complexity index is 720. The number of fused-ring (bicyclic) bond motifs is 1. The highest BCUT2D eigenvalue weighted by molar-refractivity contribution is 14.0. The monoisotopic (exact) mass is 485 g/mol. The van der Waals surface area contributed by atoms with E-state index in [2.05, 4.69) is 49.0 Å². The zero-order chi connectivity index (χ0) is 18.4. The third-order valence-electron chi connectivity index (χ3n) is 5.08. The molecule has 3 rings (SSSR count). The van der Waals surface area contributed by atoms with Crippen LogP contribution >= 0.6 is 24.0 Å². The Labute approximate surface area is 179 Å². The van der Waals surface area contributed by atoms with Gasteiger partial charge < -0.3 is 15.5 Å². The predicted molar refractivity (Wildman–Crippen MR) is 121 cm³/mol. The second-order valence-corrected chi connectivity index (χ2v) is 7.20. The number of nitrogens with one attached hydrogen (secondary N) is 2. The van der Waals surface area contributed by atoms with E-state index >= 15 is 0 Å². The van der Waals surface area contributed by atoms with Gasteiger partial charge in [0.1, 0.15) is 5.82 Å². The highest BCUT2D eigenvalue weighted by Crippen LogP contribution is 2.12. The van der Waals surface area contributed by atoms with Crippen molar-refractivity contribution in [3.05, 3.63) is 30.2 Å². The summed E-state index contributed by atoms with van der Waals surface area (Å²) in [7, 11) is 1.84. The van der Waals surface area contributed by atoms with Gasteiger partial charge in [-0.15, -0.1) is 34.2 Å². The SMILES string of the molecule is CN=C(NCCCc1nnc2ccccn12)NC1CCN(C(C)C)CC1.I. The fraction of sp³-hybridized carbons (Fsp3) is 0.632. The van der Waals surface area contributed by atoms with Crippen LogP contribution in [0, 0.1) is 0 Å². The zero-order valence-corrected chi connectivity index (χ0v) is 18.9. The number of aliphatic imine (C=N–C) groups is 1. The summed E-state index contributed by atoms with van der Waals surface area (Å²) in [5.41, 5.74) is 0.903. The normalized spacial score (nSPS) is 16.5. The molecule has 3 heterocycles. The third-order valence-corrected chi connectivity index (χ3v) is 5.08. The molecule has 0 saturated carbocycles. The molecule has 1 aliphatic heterocycles. The van der Waals surface area contributed by atoms with Crippen LogP contribution in [-0.4, -0.2) is 64.2 Å². The lowest BCUT2D eigenvalue weighted by Crippen LogP contribution is -2.50. The van der Waals surface area contributed by atoms with Crippen molar-refractivity contribution < 1.29 is 0 Å². The molecule has 27 heavy (non-hydrogen) atoms. The average molecular weight is 485 g/mol. The van der Waals surface area contributed by atoms with E-state index < -0.39 is 0 Å². The molecular weight excluding hydrogens is 453 g/mol. The summed E-state index contributed by atoms with van der Waals surface area (Å²) in [4.78, 5) is 6.91. The van der Waals surface area contributed by atoms with Crippen molar-refractivity contribution in [3.63, 3.8) is 0 Å². The number of hydrogen-bond donors (Lipinski definition) is 2. The fourth-order valence-corrected chi connectivity index (χ4v) is 3.46. The van der Waals surface area contributed by atoms with E-state index in [0.717, 1.165) is 49.9 Å². The van der Waals surface area contributed by atoms with E-state index in [1.807, 2.05) is 31.4 Å². The molecule has 0 spiro atoms. The van der Waals surface area contributed by atoms with Gasteiger partial charge >= 0.3 is 0 Å². The molecule has 2 N–H and O–H groups in total. The summed E-state index contributed by atoms with van der Waals surface area (Å²) in [5, 5.41) is 15.5. The lowest BCUT2D eigenvalue weighted by Gasteiger charge is -2.35. The number of piperidine rings is 1. The maximum absolute atomic E-state index is 4.37. The summed E-state index contributed by atoms with van der Waals surface area (Å²) in [6.45, 7) is 7.73. The van der Waals surface area contributed by atoms with Crippen LogP contribution in [0.25, 0.3) is 5.65 Å². The minimum atomic E-state index is 0. The smallest absolute Gasteiger partial charge is 0.191 e. The maximum atomic E-state index is 4.37. The van der Waals surface area contributed by atoms with E-state index in [9.17, 15) is 0 Å². The molecule has 8 heteroatoms. The number of aromatic nitrogens is 3. The Morgan fingerprint density at radius 2 is 2.04 bits per heavy atom. The van der Waals surface area contributed by atoms with E-state index in [0.29, 0.717) is 12.1 Å². The summed E-state index contributed by atoms with van der Waals surface area (Å²) in [5.74, 6) is 1.91. The van der Waals surface area contributed by atoms with Crippen molar-refractivity contribution in [1.82, 2.24) is 30.1 Å². The van der Waals surface area contributed by atoms with Gasteiger partial charge in [-0.1, -0.05) is 6.07 Å². The van der Waals surface area contributed by atoms with Gasteiger partial charge in [0.15, 0.2) is 11.6 Å². The van der Waals surface area contributed by atoms with Gasteiger partial charge in [-0.2, -0.15) is 0 Å². The molecule has 1 saturated heterocycles. The second-order valence-electron chi connectivity index (χ2n) is 7.20. The van der Waals surface area contributed by atoms with Crippen LogP contribution in [0.5, 0.6) is 0 Å². The predicted octanol–water partition coefficient (Wildman–Crippen LogP) is 2.32. The van der Waals surface area contributed by atoms with Gasteiger partial charge in [-0.25, -0.2) is 0 Å². The fourth-order valence-electron chi connectivity index (χ4n) is 3.46. The molecule has 0 aromatic carbocycles. The van der Waals surface area contributed by atoms with Crippen LogP contribution in [0.4, 0.5) is 0 Å². The first-order valence-electron chi connectivity index (χ1n) is 9.67. The summed E-state index contributed by atoms with van der Waals surface area (Å²) in [6, 6.07) is 7.12. The first-order chi connectivity index (χ1) is 12.7. The average Bonchev–Trinajstić information content (AvgIpc) is 3.08. The molecule has 0 bridgehead atoms. The van der Waals surface area contributed by atoms with Gasteiger partial charge in [0.05, 0.1) is 0 Å². The Morgan fingerprint density at radius 3 is 2.74 bits per heavy atom. The summed E-state index contributed by atoms with van der Waals surface area (Å²) in [6.07, 6.45) is 6.24. The molecule has 0 radical (unpaired) electrons. The quantitative estimate of drug-likeness (QED) is 0.285. The molecule has 1 aliphatic rings. The molecule has 0 amide bonds. The van der Waals surface area contributed by atoms with Crippen LogP contribution in [0.1, 0.15) is 38.9 Å². The van der Waals surface area contributed by atoms with E-state index in [1.165, 1.54) is 12.8 Å². The lowest BCUT2D eigenvalue weighted by molar-refractivity contribution is 0.167. The Morgan fingerprint density at radius 1 is 1.26 bits per heavy atom. The van der Waals surface area contributed by atoms with Crippen LogP contribution in [0.3, 0.4) is 0 Å². The number of pyridine rings is 1. The minimum absolute atomic E-state index is 0. The molecule has 0 aliphatic carbocycles. The topological polar surface area (TPSA) is 69.8 Å². The Kier molecular flexibility index (Phi) is 8.75. The number of rotatable bonds is 6. The van der Waals surface area contributed by atoms with Gasteiger partial charge in [0.2, 0.25) is 0 Å². The van der Waals surface area contributed by atoms with Crippen molar-refractivity contribution in [2.45, 2.75) is 51.6 Å². The van der Waals surface area contributed by atoms with Gasteiger partial charge in [0.25, 0.3) is 0 Å².